The van der Waals surface area contributed by atoms with E-state index in [4.69, 9.17) is 4.74 Å². The lowest BCUT2D eigenvalue weighted by molar-refractivity contribution is -0.115. The number of hydrogen-bond acceptors (Lipinski definition) is 3. The maximum Gasteiger partial charge on any atom is 0.255 e. The van der Waals surface area contributed by atoms with Crippen LogP contribution in [0.15, 0.2) is 60.4 Å². The number of aryl methyl sites for hydroxylation is 1. The van der Waals surface area contributed by atoms with Crippen LogP contribution in [0.4, 0.5) is 5.69 Å². The summed E-state index contributed by atoms with van der Waals surface area (Å²) in [7, 11) is 1.57. The van der Waals surface area contributed by atoms with Gasteiger partial charge in [-0.2, -0.15) is 0 Å². The van der Waals surface area contributed by atoms with E-state index < -0.39 is 0 Å². The fourth-order valence-electron chi connectivity index (χ4n) is 2.90. The van der Waals surface area contributed by atoms with Gasteiger partial charge < -0.3 is 9.84 Å². The van der Waals surface area contributed by atoms with Gasteiger partial charge in [-0.15, -0.1) is 0 Å². The van der Waals surface area contributed by atoms with E-state index in [1.165, 1.54) is 6.08 Å². The molecule has 0 unspecified atom stereocenters. The van der Waals surface area contributed by atoms with E-state index >= 15 is 0 Å². The molecular weight excluding hydrogens is 290 g/mol. The van der Waals surface area contributed by atoms with Gasteiger partial charge in [0.05, 0.1) is 18.8 Å². The van der Waals surface area contributed by atoms with Gasteiger partial charge in [0.2, 0.25) is 0 Å². The highest BCUT2D eigenvalue weighted by Gasteiger charge is 2.33. The Kier molecular flexibility index (Phi) is 4.06. The van der Waals surface area contributed by atoms with Crippen LogP contribution in [0.2, 0.25) is 0 Å². The minimum Gasteiger partial charge on any atom is -0.506 e. The molecule has 1 amide bonds. The summed E-state index contributed by atoms with van der Waals surface area (Å²) in [5, 5.41) is 10.2. The third kappa shape index (κ3) is 2.93. The molecule has 0 aliphatic carbocycles. The highest BCUT2D eigenvalue weighted by molar-refractivity contribution is 6.04. The number of methoxy groups -OCH3 is 1. The number of hydrogen-bond donors (Lipinski definition) is 1. The van der Waals surface area contributed by atoms with E-state index in [0.717, 1.165) is 11.1 Å². The predicted octanol–water partition coefficient (Wildman–Crippen LogP) is 3.71. The molecule has 1 aliphatic rings. The predicted molar refractivity (Wildman–Crippen MR) is 89.2 cm³/mol. The van der Waals surface area contributed by atoms with Gasteiger partial charge in [0.25, 0.3) is 5.91 Å². The summed E-state index contributed by atoms with van der Waals surface area (Å²) < 4.78 is 5.30. The van der Waals surface area contributed by atoms with Crippen LogP contribution in [-0.2, 0) is 9.53 Å². The second kappa shape index (κ2) is 6.16. The van der Waals surface area contributed by atoms with Crippen molar-refractivity contribution in [2.24, 2.45) is 0 Å². The smallest absolute Gasteiger partial charge is 0.255 e. The Balaban J connectivity index is 2.12. The van der Waals surface area contributed by atoms with Gasteiger partial charge in [-0.1, -0.05) is 36.4 Å². The number of aromatic hydroxyl groups is 1. The molecule has 0 bridgehead atoms. The van der Waals surface area contributed by atoms with Crippen molar-refractivity contribution in [3.63, 3.8) is 0 Å². The van der Waals surface area contributed by atoms with E-state index in [1.54, 1.807) is 18.1 Å². The minimum atomic E-state index is -0.212. The molecule has 23 heavy (non-hydrogen) atoms. The highest BCUT2D eigenvalue weighted by Crippen LogP contribution is 2.40. The van der Waals surface area contributed by atoms with Gasteiger partial charge in [0.15, 0.2) is 0 Å². The van der Waals surface area contributed by atoms with E-state index in [9.17, 15) is 9.90 Å². The fourth-order valence-corrected chi connectivity index (χ4v) is 2.90. The molecule has 1 atom stereocenters. The minimum absolute atomic E-state index is 0.0964. The summed E-state index contributed by atoms with van der Waals surface area (Å²) in [6.07, 6.45) is 2.06. The monoisotopic (exact) mass is 309 g/mol. The molecule has 0 aromatic heterocycles. The molecule has 2 aromatic carbocycles. The third-order valence-electron chi connectivity index (χ3n) is 4.07. The zero-order valence-electron chi connectivity index (χ0n) is 13.2. The van der Waals surface area contributed by atoms with Crippen molar-refractivity contribution in [2.45, 2.75) is 19.4 Å². The second-order valence-electron chi connectivity index (χ2n) is 5.65. The SMILES string of the molecule is COC1=CC(=O)N(c2cc(C)ccc2O)[C@@H](c2ccccc2)C1. The standard InChI is InChI=1S/C19H19NO3/c1-13-8-9-18(21)17(10-13)20-16(14-6-4-3-5-7-14)11-15(23-2)12-19(20)22/h3-10,12,16,21H,11H2,1-2H3/t16-/m1/s1. The largest absolute Gasteiger partial charge is 0.506 e. The van der Waals surface area contributed by atoms with E-state index in [-0.39, 0.29) is 17.7 Å². The van der Waals surface area contributed by atoms with E-state index in [1.807, 2.05) is 49.4 Å². The quantitative estimate of drug-likeness (QED) is 0.940. The van der Waals surface area contributed by atoms with Crippen molar-refractivity contribution in [3.8, 4) is 5.75 Å². The Bertz CT molecular complexity index is 752. The number of benzene rings is 2. The van der Waals surface area contributed by atoms with Gasteiger partial charge >= 0.3 is 0 Å². The first-order valence-corrected chi connectivity index (χ1v) is 7.52. The Labute approximate surface area is 135 Å². The molecule has 4 heteroatoms. The number of carbonyl (C=O) groups excluding carboxylic acids is 1. The lowest BCUT2D eigenvalue weighted by Crippen LogP contribution is -2.37. The Morgan fingerprint density at radius 3 is 2.61 bits per heavy atom. The van der Waals surface area contributed by atoms with Crippen LogP contribution in [0.3, 0.4) is 0 Å². The van der Waals surface area contributed by atoms with Crippen LogP contribution < -0.4 is 4.90 Å². The van der Waals surface area contributed by atoms with Crippen molar-refractivity contribution in [1.29, 1.82) is 0 Å². The van der Waals surface area contributed by atoms with Gasteiger partial charge in [-0.3, -0.25) is 9.69 Å². The summed E-state index contributed by atoms with van der Waals surface area (Å²) in [6, 6.07) is 14.8. The van der Waals surface area contributed by atoms with Crippen molar-refractivity contribution < 1.29 is 14.6 Å². The molecule has 4 nitrogen and oxygen atoms in total. The average molecular weight is 309 g/mol. The first-order chi connectivity index (χ1) is 11.1. The van der Waals surface area contributed by atoms with Crippen molar-refractivity contribution >= 4 is 11.6 Å². The number of ether oxygens (including phenoxy) is 1. The Morgan fingerprint density at radius 1 is 1.17 bits per heavy atom. The second-order valence-corrected chi connectivity index (χ2v) is 5.65. The van der Waals surface area contributed by atoms with Crippen LogP contribution in [-0.4, -0.2) is 18.1 Å². The van der Waals surface area contributed by atoms with Gasteiger partial charge in [-0.05, 0) is 30.2 Å². The maximum atomic E-state index is 12.7. The normalized spacial score (nSPS) is 17.8. The number of phenols is 1. The number of nitrogens with zero attached hydrogens (tertiary/aromatic N) is 1. The van der Waals surface area contributed by atoms with Crippen molar-refractivity contribution in [3.05, 3.63) is 71.5 Å². The number of anilines is 1. The summed E-state index contributed by atoms with van der Waals surface area (Å²) in [5.41, 5.74) is 2.51. The highest BCUT2D eigenvalue weighted by atomic mass is 16.5. The Hall–Kier alpha value is -2.75. The van der Waals surface area contributed by atoms with Gasteiger partial charge in [0, 0.05) is 12.5 Å². The lowest BCUT2D eigenvalue weighted by Gasteiger charge is -2.35. The molecular formula is C19H19NO3. The number of phenolic OH excluding ortho intramolecular Hbond substituents is 1. The first kappa shape index (κ1) is 15.2. The van der Waals surface area contributed by atoms with Crippen molar-refractivity contribution in [1.82, 2.24) is 0 Å². The zero-order chi connectivity index (χ0) is 16.4. The van der Waals surface area contributed by atoms with Gasteiger partial charge in [-0.25, -0.2) is 0 Å². The molecule has 0 spiro atoms. The van der Waals surface area contributed by atoms with Crippen LogP contribution >= 0.6 is 0 Å². The number of amides is 1. The lowest BCUT2D eigenvalue weighted by atomic mass is 9.96. The number of carbonyl (C=O) groups is 1. The molecule has 0 radical (unpaired) electrons. The van der Waals surface area contributed by atoms with E-state index in [0.29, 0.717) is 17.9 Å². The molecule has 0 saturated carbocycles. The molecule has 1 N–H and O–H groups in total. The van der Waals surface area contributed by atoms with Crippen LogP contribution in [0.1, 0.15) is 23.6 Å². The average Bonchev–Trinajstić information content (AvgIpc) is 2.57. The summed E-state index contributed by atoms with van der Waals surface area (Å²) in [5.74, 6) is 0.550. The molecule has 118 valence electrons. The third-order valence-corrected chi connectivity index (χ3v) is 4.07. The fraction of sp³-hybridized carbons (Fsp3) is 0.211. The molecule has 0 fully saturated rings. The topological polar surface area (TPSA) is 49.8 Å². The molecule has 3 rings (SSSR count). The zero-order valence-corrected chi connectivity index (χ0v) is 13.2. The number of rotatable bonds is 3. The molecule has 2 aromatic rings. The van der Waals surface area contributed by atoms with Gasteiger partial charge in [0.1, 0.15) is 11.5 Å². The molecule has 1 heterocycles. The van der Waals surface area contributed by atoms with Crippen LogP contribution in [0.25, 0.3) is 0 Å². The van der Waals surface area contributed by atoms with Crippen LogP contribution in [0.5, 0.6) is 5.75 Å². The van der Waals surface area contributed by atoms with E-state index in [2.05, 4.69) is 0 Å². The van der Waals surface area contributed by atoms with Crippen molar-refractivity contribution in [2.75, 3.05) is 12.0 Å². The summed E-state index contributed by atoms with van der Waals surface area (Å²) in [6.45, 7) is 1.94. The van der Waals surface area contributed by atoms with Crippen LogP contribution in [0, 0.1) is 6.92 Å². The first-order valence-electron chi connectivity index (χ1n) is 7.52. The summed E-state index contributed by atoms with van der Waals surface area (Å²) in [4.78, 5) is 14.3. The molecule has 0 saturated heterocycles. The Morgan fingerprint density at radius 2 is 1.91 bits per heavy atom. The summed E-state index contributed by atoms with van der Waals surface area (Å²) >= 11 is 0. The maximum absolute atomic E-state index is 12.7. The molecule has 1 aliphatic heterocycles.